The minimum Gasteiger partial charge on any atom is -0.872 e. The molecule has 11 nitrogen and oxygen atoms in total. The van der Waals surface area contributed by atoms with E-state index in [0.29, 0.717) is 0 Å². The summed E-state index contributed by atoms with van der Waals surface area (Å²) < 4.78 is 10.8. The first-order chi connectivity index (χ1) is 15.1. The highest BCUT2D eigenvalue weighted by atomic mass is 16.6. The second-order valence-corrected chi connectivity index (χ2v) is 7.79. The van der Waals surface area contributed by atoms with Crippen LogP contribution in [0.5, 0.6) is 23.0 Å². The summed E-state index contributed by atoms with van der Waals surface area (Å²) in [6.07, 6.45) is -8.97. The summed E-state index contributed by atoms with van der Waals surface area (Å²) in [5.74, 6) is -5.28. The van der Waals surface area contributed by atoms with E-state index in [4.69, 9.17) is 9.47 Å². The standard InChI is InChI=1S/C21H22O11/c22-7-13-16(26)18(28)19(29)20(31-13)15-10(24)5-12-14(17(15)27)11(25)6-21(30,32-12)8-1-3-9(23)4-2-8/h1-5,13,16,18-20,22-24,26-30H,6-7H2/p-1/t13-,16-,18+,19-,20+,21?/m1/s1. The molecule has 0 spiro atoms. The molecule has 0 radical (unpaired) electrons. The van der Waals surface area contributed by atoms with Crippen LogP contribution in [0.25, 0.3) is 0 Å². The van der Waals surface area contributed by atoms with Crippen LogP contribution in [0.15, 0.2) is 30.3 Å². The maximum Gasteiger partial charge on any atom is 0.242 e. The van der Waals surface area contributed by atoms with Crippen LogP contribution in [0, 0.1) is 0 Å². The number of carbonyl (C=O) groups excluding carboxylic acids is 1. The van der Waals surface area contributed by atoms with E-state index in [2.05, 4.69) is 0 Å². The Kier molecular flexibility index (Phi) is 5.49. The van der Waals surface area contributed by atoms with Crippen molar-refractivity contribution in [2.24, 2.45) is 0 Å². The lowest BCUT2D eigenvalue weighted by atomic mass is 9.86. The van der Waals surface area contributed by atoms with Crippen LogP contribution in [0.1, 0.15) is 34.0 Å². The van der Waals surface area contributed by atoms with Gasteiger partial charge in [0.1, 0.15) is 47.8 Å². The van der Waals surface area contributed by atoms with Crippen molar-refractivity contribution >= 4 is 5.78 Å². The van der Waals surface area contributed by atoms with Gasteiger partial charge in [0.25, 0.3) is 0 Å². The smallest absolute Gasteiger partial charge is 0.242 e. The SMILES string of the molecule is O=C1CC(O)(c2ccc(O)cc2)Oc2cc(O)c([C@@H]3O[C@H](CO)[C@@H](O)[C@H](O)[C@H]3O)c([O-])c21. The average molecular weight is 449 g/mol. The zero-order valence-electron chi connectivity index (χ0n) is 16.5. The Hall–Kier alpha value is -2.93. The lowest BCUT2D eigenvalue weighted by Gasteiger charge is -2.42. The summed E-state index contributed by atoms with van der Waals surface area (Å²) in [6.45, 7) is -0.747. The number of Topliss-reactive ketones (excluding diaryl/α,β-unsaturated/α-hetero) is 1. The third-order valence-electron chi connectivity index (χ3n) is 5.71. The zero-order chi connectivity index (χ0) is 23.4. The lowest BCUT2D eigenvalue weighted by Crippen LogP contribution is -2.55. The number of hydrogen-bond donors (Lipinski definition) is 7. The Morgan fingerprint density at radius 1 is 1.06 bits per heavy atom. The molecule has 4 rings (SSSR count). The van der Waals surface area contributed by atoms with E-state index in [-0.39, 0.29) is 11.3 Å². The van der Waals surface area contributed by atoms with Gasteiger partial charge in [0.05, 0.1) is 18.6 Å². The molecule has 1 saturated heterocycles. The fourth-order valence-corrected chi connectivity index (χ4v) is 4.00. The summed E-state index contributed by atoms with van der Waals surface area (Å²) in [5, 5.41) is 83.4. The van der Waals surface area contributed by atoms with Crippen LogP contribution < -0.4 is 9.84 Å². The summed E-state index contributed by atoms with van der Waals surface area (Å²) in [4.78, 5) is 12.8. The van der Waals surface area contributed by atoms with Crippen molar-refractivity contribution < 1.29 is 55.1 Å². The van der Waals surface area contributed by atoms with Gasteiger partial charge < -0.3 is 50.3 Å². The van der Waals surface area contributed by atoms with Crippen LogP contribution in [0.3, 0.4) is 0 Å². The molecule has 2 aliphatic rings. The summed E-state index contributed by atoms with van der Waals surface area (Å²) in [7, 11) is 0. The van der Waals surface area contributed by atoms with E-state index in [9.17, 15) is 45.6 Å². The molecular weight excluding hydrogens is 428 g/mol. The first-order valence-electron chi connectivity index (χ1n) is 9.69. The highest BCUT2D eigenvalue weighted by Gasteiger charge is 2.47. The highest BCUT2D eigenvalue weighted by Crippen LogP contribution is 2.49. The second-order valence-electron chi connectivity index (χ2n) is 7.79. The Balaban J connectivity index is 1.76. The molecule has 1 fully saturated rings. The highest BCUT2D eigenvalue weighted by molar-refractivity contribution is 6.03. The first kappa shape index (κ1) is 22.3. The summed E-state index contributed by atoms with van der Waals surface area (Å²) in [5.41, 5.74) is -0.940. The van der Waals surface area contributed by atoms with Gasteiger partial charge in [0.2, 0.25) is 5.79 Å². The number of aromatic hydroxyl groups is 2. The van der Waals surface area contributed by atoms with Crippen molar-refractivity contribution in [1.82, 2.24) is 0 Å². The Labute approximate surface area is 181 Å². The molecule has 11 heteroatoms. The van der Waals surface area contributed by atoms with Crippen LogP contribution in [-0.2, 0) is 10.5 Å². The van der Waals surface area contributed by atoms with Gasteiger partial charge >= 0.3 is 0 Å². The molecule has 6 atom stereocenters. The molecule has 0 saturated carbocycles. The number of ether oxygens (including phenoxy) is 2. The number of carbonyl (C=O) groups is 1. The number of phenols is 2. The quantitative estimate of drug-likeness (QED) is 0.287. The fraction of sp³-hybridized carbons (Fsp3) is 0.381. The van der Waals surface area contributed by atoms with Crippen LogP contribution in [0.4, 0.5) is 0 Å². The normalized spacial score (nSPS) is 32.3. The molecule has 0 aromatic heterocycles. The van der Waals surface area contributed by atoms with Crippen LogP contribution >= 0.6 is 0 Å². The number of rotatable bonds is 3. The van der Waals surface area contributed by atoms with Gasteiger partial charge in [-0.15, -0.1) is 0 Å². The molecular formula is C21H21O11-. The number of fused-ring (bicyclic) bond motifs is 1. The van der Waals surface area contributed by atoms with Gasteiger partial charge in [-0.2, -0.15) is 0 Å². The number of hydrogen-bond acceptors (Lipinski definition) is 11. The Morgan fingerprint density at radius 2 is 1.72 bits per heavy atom. The minimum atomic E-state index is -2.17. The molecule has 0 amide bonds. The van der Waals surface area contributed by atoms with Crippen molar-refractivity contribution in [2.75, 3.05) is 6.61 Å². The summed E-state index contributed by atoms with van der Waals surface area (Å²) >= 11 is 0. The maximum atomic E-state index is 13.1. The molecule has 2 aliphatic heterocycles. The van der Waals surface area contributed by atoms with E-state index in [0.717, 1.165) is 6.07 Å². The van der Waals surface area contributed by atoms with Crippen LogP contribution in [0.2, 0.25) is 0 Å². The van der Waals surface area contributed by atoms with E-state index in [1.807, 2.05) is 0 Å². The van der Waals surface area contributed by atoms with Crippen molar-refractivity contribution in [3.8, 4) is 23.0 Å². The second kappa shape index (κ2) is 7.89. The zero-order valence-corrected chi connectivity index (χ0v) is 16.5. The minimum absolute atomic E-state index is 0.0801. The molecule has 7 N–H and O–H groups in total. The van der Waals surface area contributed by atoms with Gasteiger partial charge in [-0.05, 0) is 24.3 Å². The van der Waals surface area contributed by atoms with E-state index < -0.39 is 83.5 Å². The van der Waals surface area contributed by atoms with Crippen molar-refractivity contribution in [3.05, 3.63) is 47.0 Å². The van der Waals surface area contributed by atoms with Gasteiger partial charge in [-0.1, -0.05) is 5.75 Å². The maximum absolute atomic E-state index is 13.1. The number of phenolic OH excluding ortho intramolecular Hbond substituents is 2. The Bertz CT molecular complexity index is 1040. The molecule has 0 bridgehead atoms. The number of aliphatic hydroxyl groups excluding tert-OH is 4. The lowest BCUT2D eigenvalue weighted by molar-refractivity contribution is -0.277. The number of aliphatic hydroxyl groups is 5. The predicted molar refractivity (Wildman–Crippen MR) is 102 cm³/mol. The van der Waals surface area contributed by atoms with Gasteiger partial charge in [-0.25, -0.2) is 0 Å². The monoisotopic (exact) mass is 449 g/mol. The summed E-state index contributed by atoms with van der Waals surface area (Å²) in [6, 6.07) is 6.10. The number of benzene rings is 2. The molecule has 0 aliphatic carbocycles. The molecule has 172 valence electrons. The molecule has 2 aromatic carbocycles. The third kappa shape index (κ3) is 3.45. The molecule has 2 aromatic rings. The van der Waals surface area contributed by atoms with Gasteiger partial charge in [-0.3, -0.25) is 4.79 Å². The Morgan fingerprint density at radius 3 is 2.34 bits per heavy atom. The van der Waals surface area contributed by atoms with E-state index >= 15 is 0 Å². The average Bonchev–Trinajstić information content (AvgIpc) is 2.73. The van der Waals surface area contributed by atoms with Gasteiger partial charge in [0, 0.05) is 17.2 Å². The van der Waals surface area contributed by atoms with Gasteiger partial charge in [0.15, 0.2) is 5.78 Å². The molecule has 2 heterocycles. The van der Waals surface area contributed by atoms with Crippen molar-refractivity contribution in [2.45, 2.75) is 42.7 Å². The van der Waals surface area contributed by atoms with Crippen molar-refractivity contribution in [3.63, 3.8) is 0 Å². The fourth-order valence-electron chi connectivity index (χ4n) is 4.00. The third-order valence-corrected chi connectivity index (χ3v) is 5.71. The topological polar surface area (TPSA) is 200 Å². The van der Waals surface area contributed by atoms with E-state index in [1.165, 1.54) is 24.3 Å². The van der Waals surface area contributed by atoms with Crippen molar-refractivity contribution in [1.29, 1.82) is 0 Å². The number of ketones is 1. The van der Waals surface area contributed by atoms with Crippen LogP contribution in [-0.4, -0.2) is 72.6 Å². The first-order valence-corrected chi connectivity index (χ1v) is 9.69. The predicted octanol–water partition coefficient (Wildman–Crippen LogP) is -1.50. The molecule has 32 heavy (non-hydrogen) atoms. The largest absolute Gasteiger partial charge is 0.872 e. The molecule has 1 unspecified atom stereocenters. The van der Waals surface area contributed by atoms with E-state index in [1.54, 1.807) is 0 Å².